The maximum atomic E-state index is 12.7. The topological polar surface area (TPSA) is 147 Å². The fraction of sp³-hybridized carbons (Fsp3) is 0.500. The Balaban J connectivity index is 1.61. The van der Waals surface area contributed by atoms with E-state index in [-0.39, 0.29) is 35.5 Å². The number of hydrogen-bond donors (Lipinski definition) is 3. The molecule has 3 atom stereocenters. The molecule has 2 aliphatic heterocycles. The predicted octanol–water partition coefficient (Wildman–Crippen LogP) is 2.34. The van der Waals surface area contributed by atoms with Crippen molar-refractivity contribution in [3.8, 4) is 11.1 Å². The zero-order chi connectivity index (χ0) is 25.9. The molecule has 2 fully saturated rings. The van der Waals surface area contributed by atoms with E-state index in [1.165, 1.54) is 11.4 Å². The molecule has 0 saturated carbocycles. The number of piperidine rings is 1. The van der Waals surface area contributed by atoms with Crippen LogP contribution in [0.25, 0.3) is 16.8 Å². The number of nitrogens with two attached hydrogens (primary N) is 1. The number of anilines is 1. The summed E-state index contributed by atoms with van der Waals surface area (Å²) in [5, 5.41) is 24.2. The third-order valence-corrected chi connectivity index (χ3v) is 7.57. The summed E-state index contributed by atoms with van der Waals surface area (Å²) in [6.07, 6.45) is 6.42. The lowest BCUT2D eigenvalue weighted by atomic mass is 9.85. The SMILES string of the molecule is CC(=O)c1c([C@@H]2CC3CC[C@@H](C2)N3C(=O)CO)nc2c(-c3cnc(C(C)(C)O)c(C)c3)cnn2c1N. The van der Waals surface area contributed by atoms with E-state index in [1.54, 1.807) is 26.2 Å². The number of rotatable bonds is 5. The van der Waals surface area contributed by atoms with Gasteiger partial charge in [0, 0.05) is 35.3 Å². The van der Waals surface area contributed by atoms with Crippen LogP contribution in [0.3, 0.4) is 0 Å². The summed E-state index contributed by atoms with van der Waals surface area (Å²) in [4.78, 5) is 36.3. The predicted molar refractivity (Wildman–Crippen MR) is 133 cm³/mol. The number of fused-ring (bicyclic) bond motifs is 3. The standard InChI is InChI=1S/C26H32N6O4/c1-13-7-16(10-28-23(13)26(3,4)36)19-11-29-32-24(27)21(14(2)34)22(30-25(19)32)15-8-17-5-6-18(9-15)31(17)20(35)12-33/h7,10-11,15,17-18,33,36H,5-6,8-9,12,27H2,1-4H3/t15-,17-,18?/m0/s1. The number of pyridine rings is 1. The number of aromatic nitrogens is 4. The van der Waals surface area contributed by atoms with Gasteiger partial charge in [-0.15, -0.1) is 0 Å². The van der Waals surface area contributed by atoms with Crippen molar-refractivity contribution < 1.29 is 19.8 Å². The summed E-state index contributed by atoms with van der Waals surface area (Å²) in [6, 6.07) is 1.96. The summed E-state index contributed by atoms with van der Waals surface area (Å²) in [6.45, 7) is 6.28. The smallest absolute Gasteiger partial charge is 0.248 e. The second kappa shape index (κ2) is 8.63. The van der Waals surface area contributed by atoms with Crippen LogP contribution in [0, 0.1) is 6.92 Å². The van der Waals surface area contributed by atoms with Gasteiger partial charge in [-0.1, -0.05) is 0 Å². The molecule has 10 nitrogen and oxygen atoms in total. The quantitative estimate of drug-likeness (QED) is 0.460. The molecule has 1 unspecified atom stereocenters. The van der Waals surface area contributed by atoms with E-state index in [2.05, 4.69) is 10.1 Å². The Bertz CT molecular complexity index is 1360. The van der Waals surface area contributed by atoms with Crippen LogP contribution in [0.5, 0.6) is 0 Å². The van der Waals surface area contributed by atoms with Crippen molar-refractivity contribution in [1.82, 2.24) is 24.5 Å². The Morgan fingerprint density at radius 1 is 1.19 bits per heavy atom. The van der Waals surface area contributed by atoms with Gasteiger partial charge in [-0.25, -0.2) is 4.98 Å². The Morgan fingerprint density at radius 2 is 1.86 bits per heavy atom. The average molecular weight is 493 g/mol. The number of amides is 1. The van der Waals surface area contributed by atoms with Crippen LogP contribution in [0.4, 0.5) is 5.82 Å². The summed E-state index contributed by atoms with van der Waals surface area (Å²) in [5.74, 6) is -0.224. The molecule has 0 radical (unpaired) electrons. The fourth-order valence-corrected chi connectivity index (χ4v) is 6.14. The summed E-state index contributed by atoms with van der Waals surface area (Å²) in [7, 11) is 0. The molecule has 0 aromatic carbocycles. The lowest BCUT2D eigenvalue weighted by Crippen LogP contribution is -2.47. The first-order valence-electron chi connectivity index (χ1n) is 12.3. The molecule has 36 heavy (non-hydrogen) atoms. The van der Waals surface area contributed by atoms with Gasteiger partial charge in [0.15, 0.2) is 11.4 Å². The molecule has 2 aliphatic rings. The van der Waals surface area contributed by atoms with Gasteiger partial charge in [-0.3, -0.25) is 14.6 Å². The van der Waals surface area contributed by atoms with Gasteiger partial charge >= 0.3 is 0 Å². The lowest BCUT2D eigenvalue weighted by molar-refractivity contribution is -0.138. The molecular weight excluding hydrogens is 460 g/mol. The maximum absolute atomic E-state index is 12.7. The molecule has 5 heterocycles. The van der Waals surface area contributed by atoms with Crippen LogP contribution in [-0.2, 0) is 10.4 Å². The maximum Gasteiger partial charge on any atom is 0.248 e. The number of carbonyl (C=O) groups excluding carboxylic acids is 2. The highest BCUT2D eigenvalue weighted by Crippen LogP contribution is 2.44. The van der Waals surface area contributed by atoms with Crippen molar-refractivity contribution in [2.45, 2.75) is 77.0 Å². The molecule has 2 saturated heterocycles. The van der Waals surface area contributed by atoms with Gasteiger partial charge < -0.3 is 20.8 Å². The van der Waals surface area contributed by atoms with Crippen LogP contribution in [0.2, 0.25) is 0 Å². The van der Waals surface area contributed by atoms with Crippen molar-refractivity contribution in [1.29, 1.82) is 0 Å². The van der Waals surface area contributed by atoms with Crippen molar-refractivity contribution in [3.63, 3.8) is 0 Å². The molecule has 2 bridgehead atoms. The molecule has 4 N–H and O–H groups in total. The highest BCUT2D eigenvalue weighted by atomic mass is 16.3. The number of aryl methyl sites for hydroxylation is 1. The van der Waals surface area contributed by atoms with Gasteiger partial charge in [0.1, 0.15) is 18.0 Å². The summed E-state index contributed by atoms with van der Waals surface area (Å²) in [5.41, 5.74) is 9.92. The minimum atomic E-state index is -1.07. The van der Waals surface area contributed by atoms with E-state index in [0.29, 0.717) is 35.4 Å². The van der Waals surface area contributed by atoms with Gasteiger partial charge in [0.2, 0.25) is 5.91 Å². The van der Waals surface area contributed by atoms with E-state index in [0.717, 1.165) is 29.5 Å². The monoisotopic (exact) mass is 492 g/mol. The van der Waals surface area contributed by atoms with E-state index in [9.17, 15) is 19.8 Å². The van der Waals surface area contributed by atoms with E-state index >= 15 is 0 Å². The number of aliphatic hydroxyl groups is 2. The number of nitrogen functional groups attached to an aromatic ring is 1. The van der Waals surface area contributed by atoms with E-state index < -0.39 is 12.2 Å². The Kier molecular flexibility index (Phi) is 5.83. The molecule has 190 valence electrons. The zero-order valence-electron chi connectivity index (χ0n) is 21.0. The van der Waals surface area contributed by atoms with Gasteiger partial charge in [-0.05, 0) is 65.0 Å². The van der Waals surface area contributed by atoms with Gasteiger partial charge in [0.25, 0.3) is 0 Å². The second-order valence-electron chi connectivity index (χ2n) is 10.6. The number of Topliss-reactive ketones (excluding diaryl/α,β-unsaturated/α-hetero) is 1. The Labute approximate surface area is 209 Å². The molecular formula is C26H32N6O4. The number of nitrogens with zero attached hydrogens (tertiary/aromatic N) is 5. The van der Waals surface area contributed by atoms with Crippen LogP contribution >= 0.6 is 0 Å². The number of ketones is 1. The van der Waals surface area contributed by atoms with Crippen molar-refractivity contribution >= 4 is 23.2 Å². The number of carbonyl (C=O) groups is 2. The highest BCUT2D eigenvalue weighted by molar-refractivity contribution is 6.00. The van der Waals surface area contributed by atoms with Crippen molar-refractivity contribution in [2.24, 2.45) is 0 Å². The average Bonchev–Trinajstić information content (AvgIpc) is 3.35. The van der Waals surface area contributed by atoms with Crippen LogP contribution < -0.4 is 5.73 Å². The van der Waals surface area contributed by atoms with Gasteiger partial charge in [-0.2, -0.15) is 9.61 Å². The van der Waals surface area contributed by atoms with Crippen molar-refractivity contribution in [2.75, 3.05) is 12.3 Å². The number of hydrogen-bond acceptors (Lipinski definition) is 8. The lowest BCUT2D eigenvalue weighted by Gasteiger charge is -2.39. The van der Waals surface area contributed by atoms with Crippen molar-refractivity contribution in [3.05, 3.63) is 41.0 Å². The Morgan fingerprint density at radius 3 is 2.42 bits per heavy atom. The van der Waals surface area contributed by atoms with Crippen LogP contribution in [-0.4, -0.2) is 65.1 Å². The zero-order valence-corrected chi connectivity index (χ0v) is 21.0. The van der Waals surface area contributed by atoms with E-state index in [1.807, 2.05) is 17.9 Å². The van der Waals surface area contributed by atoms with Gasteiger partial charge in [0.05, 0.1) is 23.1 Å². The third kappa shape index (κ3) is 3.84. The molecule has 1 amide bonds. The molecule has 0 aliphatic carbocycles. The Hall–Kier alpha value is -3.37. The van der Waals surface area contributed by atoms with Crippen LogP contribution in [0.15, 0.2) is 18.5 Å². The first kappa shape index (κ1) is 24.3. The minimum absolute atomic E-state index is 0.0121. The second-order valence-corrected chi connectivity index (χ2v) is 10.6. The summed E-state index contributed by atoms with van der Waals surface area (Å²) >= 11 is 0. The van der Waals surface area contributed by atoms with Crippen LogP contribution in [0.1, 0.15) is 79.7 Å². The minimum Gasteiger partial charge on any atom is -0.387 e. The molecule has 3 aromatic rings. The third-order valence-electron chi connectivity index (χ3n) is 7.57. The molecule has 5 rings (SSSR count). The first-order valence-corrected chi connectivity index (χ1v) is 12.3. The highest BCUT2D eigenvalue weighted by Gasteiger charge is 2.44. The first-order chi connectivity index (χ1) is 17.0. The molecule has 3 aromatic heterocycles. The largest absolute Gasteiger partial charge is 0.387 e. The van der Waals surface area contributed by atoms with E-state index in [4.69, 9.17) is 10.7 Å². The number of aliphatic hydroxyl groups excluding tert-OH is 1. The fourth-order valence-electron chi connectivity index (χ4n) is 6.14. The molecule has 0 spiro atoms. The molecule has 10 heteroatoms. The summed E-state index contributed by atoms with van der Waals surface area (Å²) < 4.78 is 1.49. The normalized spacial score (nSPS) is 21.8.